The number of ether oxygens (including phenoxy) is 1. The highest BCUT2D eigenvalue weighted by atomic mass is 32.1. The predicted molar refractivity (Wildman–Crippen MR) is 68.1 cm³/mol. The smallest absolute Gasteiger partial charge is 0.152 e. The van der Waals surface area contributed by atoms with Crippen LogP contribution in [-0.2, 0) is 4.74 Å². The van der Waals surface area contributed by atoms with Crippen LogP contribution in [0, 0.1) is 6.92 Å². The van der Waals surface area contributed by atoms with E-state index in [0.717, 1.165) is 29.1 Å². The van der Waals surface area contributed by atoms with Gasteiger partial charge < -0.3 is 10.2 Å². The van der Waals surface area contributed by atoms with Crippen LogP contribution in [0.25, 0.3) is 10.2 Å². The molecule has 17 heavy (non-hydrogen) atoms. The zero-order chi connectivity index (χ0) is 11.8. The van der Waals surface area contributed by atoms with E-state index in [1.54, 1.807) is 11.3 Å². The van der Waals surface area contributed by atoms with Gasteiger partial charge in [-0.3, -0.25) is 0 Å². The Bertz CT molecular complexity index is 548. The molecule has 0 amide bonds. The molecule has 0 spiro atoms. The van der Waals surface area contributed by atoms with Crippen LogP contribution in [0.3, 0.4) is 0 Å². The summed E-state index contributed by atoms with van der Waals surface area (Å²) in [6.07, 6.45) is 0.986. The fourth-order valence-corrected chi connectivity index (χ4v) is 2.98. The number of thiophene rings is 1. The highest BCUT2D eigenvalue weighted by Crippen LogP contribution is 2.31. The quantitative estimate of drug-likeness (QED) is 0.628. The van der Waals surface area contributed by atoms with E-state index in [-0.39, 0.29) is 0 Å². The van der Waals surface area contributed by atoms with Gasteiger partial charge in [0.05, 0.1) is 12.0 Å². The number of aryl methyl sites for hydroxylation is 1. The van der Waals surface area contributed by atoms with Crippen molar-refractivity contribution in [3.05, 3.63) is 16.8 Å². The molecule has 1 atom stereocenters. The van der Waals surface area contributed by atoms with E-state index in [9.17, 15) is 0 Å². The Morgan fingerprint density at radius 1 is 1.53 bits per heavy atom. The van der Waals surface area contributed by atoms with Gasteiger partial charge in [-0.2, -0.15) is 0 Å². The Labute approximate surface area is 103 Å². The molecule has 1 saturated heterocycles. The molecule has 1 aliphatic rings. The van der Waals surface area contributed by atoms with E-state index < -0.39 is 0 Å². The summed E-state index contributed by atoms with van der Waals surface area (Å²) in [5.41, 5.74) is 2.66. The van der Waals surface area contributed by atoms with E-state index in [2.05, 4.69) is 28.4 Å². The van der Waals surface area contributed by atoms with Crippen LogP contribution >= 0.6 is 11.3 Å². The minimum Gasteiger partial charge on any atom is -0.381 e. The van der Waals surface area contributed by atoms with Crippen molar-refractivity contribution in [1.29, 1.82) is 0 Å². The lowest BCUT2D eigenvalue weighted by atomic mass is 10.1. The maximum Gasteiger partial charge on any atom is 0.152 e. The molecule has 0 aliphatic carbocycles. The first-order valence-corrected chi connectivity index (χ1v) is 6.42. The maximum absolute atomic E-state index is 5.53. The van der Waals surface area contributed by atoms with E-state index >= 15 is 0 Å². The molecule has 0 aromatic carbocycles. The monoisotopic (exact) mass is 250 g/mol. The lowest BCUT2D eigenvalue weighted by Gasteiger charge is -2.08. The standard InChI is InChI=1S/C11H14N4OS/c1-6-4-8-10(15-12)13-9(14-11(8)17-6)7-2-3-16-5-7/h4,7H,2-3,5,12H2,1H3,(H,13,14,15). The van der Waals surface area contributed by atoms with Crippen LogP contribution in [0.4, 0.5) is 5.82 Å². The fourth-order valence-electron chi connectivity index (χ4n) is 2.09. The highest BCUT2D eigenvalue weighted by Gasteiger charge is 2.22. The molecule has 0 radical (unpaired) electrons. The normalized spacial score (nSPS) is 20.0. The number of rotatable bonds is 2. The first-order chi connectivity index (χ1) is 8.28. The molecule has 1 fully saturated rings. The van der Waals surface area contributed by atoms with Crippen molar-refractivity contribution < 1.29 is 4.74 Å². The molecule has 2 aromatic heterocycles. The summed E-state index contributed by atoms with van der Waals surface area (Å²) in [5.74, 6) is 7.37. The number of nitrogens with zero attached hydrogens (tertiary/aromatic N) is 2. The number of nitrogens with one attached hydrogen (secondary N) is 1. The van der Waals surface area contributed by atoms with Crippen LogP contribution in [0.15, 0.2) is 6.07 Å². The largest absolute Gasteiger partial charge is 0.381 e. The van der Waals surface area contributed by atoms with Crippen LogP contribution in [0.1, 0.15) is 23.0 Å². The average Bonchev–Trinajstić information content (AvgIpc) is 2.94. The molecule has 0 bridgehead atoms. The summed E-state index contributed by atoms with van der Waals surface area (Å²) >= 11 is 1.67. The van der Waals surface area contributed by atoms with Crippen molar-refractivity contribution in [3.63, 3.8) is 0 Å². The minimum absolute atomic E-state index is 0.300. The van der Waals surface area contributed by atoms with Gasteiger partial charge in [-0.15, -0.1) is 11.3 Å². The molecule has 3 N–H and O–H groups in total. The van der Waals surface area contributed by atoms with Gasteiger partial charge in [0.15, 0.2) is 5.82 Å². The van der Waals surface area contributed by atoms with Gasteiger partial charge in [0, 0.05) is 17.4 Å². The van der Waals surface area contributed by atoms with Gasteiger partial charge in [0.25, 0.3) is 0 Å². The SMILES string of the molecule is Cc1cc2c(NN)nc(C3CCOC3)nc2s1. The van der Waals surface area contributed by atoms with Gasteiger partial charge in [0.2, 0.25) is 0 Å². The zero-order valence-corrected chi connectivity index (χ0v) is 10.4. The summed E-state index contributed by atoms with van der Waals surface area (Å²) in [7, 11) is 0. The third-order valence-electron chi connectivity index (χ3n) is 2.96. The average molecular weight is 250 g/mol. The lowest BCUT2D eigenvalue weighted by molar-refractivity contribution is 0.193. The Hall–Kier alpha value is -1.24. The summed E-state index contributed by atoms with van der Waals surface area (Å²) in [4.78, 5) is 11.3. The number of hydrazine groups is 1. The Morgan fingerprint density at radius 3 is 3.12 bits per heavy atom. The van der Waals surface area contributed by atoms with E-state index in [1.165, 1.54) is 4.88 Å². The predicted octanol–water partition coefficient (Wildman–Crippen LogP) is 1.79. The number of hydrogen-bond acceptors (Lipinski definition) is 6. The Kier molecular flexibility index (Phi) is 2.70. The van der Waals surface area contributed by atoms with Gasteiger partial charge in [-0.05, 0) is 19.4 Å². The maximum atomic E-state index is 5.53. The van der Waals surface area contributed by atoms with Crippen LogP contribution in [-0.4, -0.2) is 23.2 Å². The first kappa shape index (κ1) is 10.9. The molecule has 2 aromatic rings. The molecule has 3 rings (SSSR count). The fraction of sp³-hybridized carbons (Fsp3) is 0.455. The number of aromatic nitrogens is 2. The number of anilines is 1. The molecule has 3 heterocycles. The molecule has 1 aliphatic heterocycles. The topological polar surface area (TPSA) is 73.1 Å². The summed E-state index contributed by atoms with van der Waals surface area (Å²) in [6.45, 7) is 3.56. The molecule has 5 nitrogen and oxygen atoms in total. The van der Waals surface area contributed by atoms with Crippen molar-refractivity contribution in [2.45, 2.75) is 19.3 Å². The second kappa shape index (κ2) is 4.21. The first-order valence-electron chi connectivity index (χ1n) is 5.60. The third kappa shape index (κ3) is 1.88. The molecule has 6 heteroatoms. The molecule has 90 valence electrons. The molecule has 0 saturated carbocycles. The van der Waals surface area contributed by atoms with E-state index in [0.29, 0.717) is 18.3 Å². The highest BCUT2D eigenvalue weighted by molar-refractivity contribution is 7.18. The minimum atomic E-state index is 0.300. The second-order valence-corrected chi connectivity index (χ2v) is 5.45. The number of hydrogen-bond donors (Lipinski definition) is 2. The van der Waals surface area contributed by atoms with Crippen LogP contribution in [0.2, 0.25) is 0 Å². The van der Waals surface area contributed by atoms with Crippen molar-refractivity contribution in [2.75, 3.05) is 18.6 Å². The third-order valence-corrected chi connectivity index (χ3v) is 3.91. The van der Waals surface area contributed by atoms with Crippen LogP contribution in [0.5, 0.6) is 0 Å². The van der Waals surface area contributed by atoms with E-state index in [1.807, 2.05) is 0 Å². The van der Waals surface area contributed by atoms with Gasteiger partial charge in [0.1, 0.15) is 10.7 Å². The number of fused-ring (bicyclic) bond motifs is 1. The Balaban J connectivity index is 2.13. The van der Waals surface area contributed by atoms with Gasteiger partial charge in [-0.1, -0.05) is 0 Å². The number of nitrogen functional groups attached to an aromatic ring is 1. The summed E-state index contributed by atoms with van der Waals surface area (Å²) in [6, 6.07) is 2.06. The van der Waals surface area contributed by atoms with E-state index in [4.69, 9.17) is 10.6 Å². The molecular weight excluding hydrogens is 236 g/mol. The number of nitrogens with two attached hydrogens (primary N) is 1. The van der Waals surface area contributed by atoms with Crippen molar-refractivity contribution >= 4 is 27.4 Å². The lowest BCUT2D eigenvalue weighted by Crippen LogP contribution is -2.12. The van der Waals surface area contributed by atoms with Crippen molar-refractivity contribution in [3.8, 4) is 0 Å². The molecule has 1 unspecified atom stereocenters. The van der Waals surface area contributed by atoms with Crippen molar-refractivity contribution in [1.82, 2.24) is 9.97 Å². The van der Waals surface area contributed by atoms with Gasteiger partial charge >= 0.3 is 0 Å². The molecular formula is C11H14N4OS. The van der Waals surface area contributed by atoms with Crippen LogP contribution < -0.4 is 11.3 Å². The zero-order valence-electron chi connectivity index (χ0n) is 9.56. The van der Waals surface area contributed by atoms with Gasteiger partial charge in [-0.25, -0.2) is 15.8 Å². The Morgan fingerprint density at radius 2 is 2.41 bits per heavy atom. The second-order valence-electron chi connectivity index (χ2n) is 4.21. The van der Waals surface area contributed by atoms with Crippen molar-refractivity contribution in [2.24, 2.45) is 5.84 Å². The summed E-state index contributed by atoms with van der Waals surface area (Å²) < 4.78 is 5.37. The summed E-state index contributed by atoms with van der Waals surface area (Å²) in [5, 5.41) is 0.998.